The lowest BCUT2D eigenvalue weighted by molar-refractivity contribution is 0.220. The molecule has 1 aliphatic rings. The zero-order chi connectivity index (χ0) is 19.8. The Hall–Kier alpha value is -2.28. The highest BCUT2D eigenvalue weighted by molar-refractivity contribution is 7.14. The van der Waals surface area contributed by atoms with Crippen LogP contribution in [0.3, 0.4) is 0 Å². The average Bonchev–Trinajstić information content (AvgIpc) is 3.23. The smallest absolute Gasteiger partial charge is 0.191 e. The molecule has 1 aliphatic heterocycles. The van der Waals surface area contributed by atoms with Crippen LogP contribution in [0, 0.1) is 5.82 Å². The zero-order valence-electron chi connectivity index (χ0n) is 16.5. The van der Waals surface area contributed by atoms with Gasteiger partial charge in [0.05, 0.1) is 11.5 Å². The summed E-state index contributed by atoms with van der Waals surface area (Å²) in [6.45, 7) is 7.30. The molecule has 1 saturated heterocycles. The van der Waals surface area contributed by atoms with Crippen LogP contribution in [0.25, 0.3) is 0 Å². The molecule has 152 valence electrons. The van der Waals surface area contributed by atoms with E-state index >= 15 is 0 Å². The van der Waals surface area contributed by atoms with Crippen LogP contribution in [0.4, 0.5) is 9.39 Å². The van der Waals surface area contributed by atoms with Crippen LogP contribution in [0.2, 0.25) is 0 Å². The van der Waals surface area contributed by atoms with Crippen molar-refractivity contribution in [3.8, 4) is 5.75 Å². The van der Waals surface area contributed by atoms with Crippen molar-refractivity contribution < 1.29 is 9.13 Å². The maximum absolute atomic E-state index is 13.7. The van der Waals surface area contributed by atoms with E-state index in [1.54, 1.807) is 29.5 Å². The number of ether oxygens (including phenoxy) is 1. The second-order valence-corrected chi connectivity index (χ2v) is 7.86. The molecular formula is C21H29FN4OS. The molecule has 1 unspecified atom stereocenters. The molecule has 0 amide bonds. The van der Waals surface area contributed by atoms with Gasteiger partial charge in [-0.3, -0.25) is 0 Å². The maximum atomic E-state index is 13.7. The van der Waals surface area contributed by atoms with Gasteiger partial charge in [-0.05, 0) is 56.3 Å². The van der Waals surface area contributed by atoms with Crippen LogP contribution in [-0.4, -0.2) is 44.3 Å². The minimum atomic E-state index is -0.346. The summed E-state index contributed by atoms with van der Waals surface area (Å²) in [5, 5.41) is 10.3. The van der Waals surface area contributed by atoms with E-state index in [4.69, 9.17) is 4.74 Å². The van der Waals surface area contributed by atoms with Crippen LogP contribution in [0.1, 0.15) is 26.7 Å². The topological polar surface area (TPSA) is 48.9 Å². The van der Waals surface area contributed by atoms with E-state index in [0.29, 0.717) is 12.6 Å². The van der Waals surface area contributed by atoms with E-state index in [9.17, 15) is 4.39 Å². The molecule has 1 atom stereocenters. The summed E-state index contributed by atoms with van der Waals surface area (Å²) in [5.74, 6) is 0.714. The van der Waals surface area contributed by atoms with E-state index in [1.807, 2.05) is 6.92 Å². The number of hydrogen-bond acceptors (Lipinski definition) is 4. The summed E-state index contributed by atoms with van der Waals surface area (Å²) >= 11 is 1.79. The fraction of sp³-hybridized carbons (Fsp3) is 0.476. The highest BCUT2D eigenvalue weighted by Gasteiger charge is 2.20. The molecule has 1 aromatic heterocycles. The highest BCUT2D eigenvalue weighted by atomic mass is 32.1. The molecule has 0 bridgehead atoms. The number of para-hydroxylation sites is 1. The number of anilines is 1. The minimum absolute atomic E-state index is 0.215. The van der Waals surface area contributed by atoms with Crippen LogP contribution in [0.5, 0.6) is 5.75 Å². The van der Waals surface area contributed by atoms with Gasteiger partial charge in [0.1, 0.15) is 6.10 Å². The predicted octanol–water partition coefficient (Wildman–Crippen LogP) is 3.88. The molecule has 2 heterocycles. The summed E-state index contributed by atoms with van der Waals surface area (Å²) in [5.41, 5.74) is 0. The van der Waals surface area contributed by atoms with Gasteiger partial charge in [-0.2, -0.15) is 0 Å². The number of nitrogens with one attached hydrogen (secondary N) is 2. The largest absolute Gasteiger partial charge is 0.486 e. The third kappa shape index (κ3) is 5.86. The summed E-state index contributed by atoms with van der Waals surface area (Å²) in [7, 11) is 0. The molecule has 5 nitrogen and oxygen atoms in total. The van der Waals surface area contributed by atoms with Gasteiger partial charge in [-0.15, -0.1) is 11.3 Å². The van der Waals surface area contributed by atoms with Crippen molar-refractivity contribution >= 4 is 22.3 Å². The number of hydrogen-bond donors (Lipinski definition) is 2. The second kappa shape index (κ2) is 10.3. The fourth-order valence-electron chi connectivity index (χ4n) is 3.22. The Kier molecular flexibility index (Phi) is 7.54. The first-order valence-corrected chi connectivity index (χ1v) is 10.8. The minimum Gasteiger partial charge on any atom is -0.486 e. The number of rotatable bonds is 7. The molecule has 0 radical (unpaired) electrons. The van der Waals surface area contributed by atoms with Gasteiger partial charge in [0.25, 0.3) is 0 Å². The first-order chi connectivity index (χ1) is 13.7. The van der Waals surface area contributed by atoms with Crippen molar-refractivity contribution in [3.05, 3.63) is 47.6 Å². The first-order valence-electron chi connectivity index (χ1n) is 9.90. The number of thiophene rings is 1. The molecule has 7 heteroatoms. The van der Waals surface area contributed by atoms with E-state index in [0.717, 1.165) is 38.4 Å². The zero-order valence-corrected chi connectivity index (χ0v) is 17.3. The van der Waals surface area contributed by atoms with Gasteiger partial charge < -0.3 is 20.3 Å². The molecule has 0 spiro atoms. The fourth-order valence-corrected chi connectivity index (χ4v) is 4.01. The Balaban J connectivity index is 1.49. The molecule has 2 aromatic rings. The molecule has 0 saturated carbocycles. The number of halogens is 1. The highest BCUT2D eigenvalue weighted by Crippen LogP contribution is 2.24. The SMILES string of the molecule is CCNC(=NCC(C)Oc1ccccc1F)NC1CCN(c2cccs2)CC1. The lowest BCUT2D eigenvalue weighted by Gasteiger charge is -2.33. The van der Waals surface area contributed by atoms with Gasteiger partial charge >= 0.3 is 0 Å². The van der Waals surface area contributed by atoms with Gasteiger partial charge in [0.15, 0.2) is 17.5 Å². The third-order valence-corrected chi connectivity index (χ3v) is 5.60. The molecular weight excluding hydrogens is 375 g/mol. The lowest BCUT2D eigenvalue weighted by atomic mass is 10.1. The predicted molar refractivity (Wildman–Crippen MR) is 115 cm³/mol. The van der Waals surface area contributed by atoms with Crippen LogP contribution < -0.4 is 20.3 Å². The quantitative estimate of drug-likeness (QED) is 0.543. The van der Waals surface area contributed by atoms with Gasteiger partial charge in [-0.1, -0.05) is 12.1 Å². The Morgan fingerprint density at radius 3 is 2.75 bits per heavy atom. The number of benzene rings is 1. The molecule has 1 fully saturated rings. The monoisotopic (exact) mass is 404 g/mol. The van der Waals surface area contributed by atoms with Crippen LogP contribution >= 0.6 is 11.3 Å². The van der Waals surface area contributed by atoms with E-state index in [-0.39, 0.29) is 17.7 Å². The van der Waals surface area contributed by atoms with Crippen molar-refractivity contribution in [2.45, 2.75) is 38.8 Å². The number of nitrogens with zero attached hydrogens (tertiary/aromatic N) is 2. The lowest BCUT2D eigenvalue weighted by Crippen LogP contribution is -2.49. The summed E-state index contributed by atoms with van der Waals surface area (Å²) in [6, 6.07) is 11.1. The number of guanidine groups is 1. The Morgan fingerprint density at radius 1 is 1.29 bits per heavy atom. The Bertz CT molecular complexity index is 745. The van der Waals surface area contributed by atoms with Gasteiger partial charge in [0, 0.05) is 25.7 Å². The van der Waals surface area contributed by atoms with Crippen LogP contribution in [-0.2, 0) is 0 Å². The van der Waals surface area contributed by atoms with Crippen molar-refractivity contribution in [2.24, 2.45) is 4.99 Å². The van der Waals surface area contributed by atoms with Gasteiger partial charge in [-0.25, -0.2) is 9.38 Å². The normalized spacial score (nSPS) is 16.7. The second-order valence-electron chi connectivity index (χ2n) is 6.94. The first kappa shape index (κ1) is 20.5. The molecule has 3 rings (SSSR count). The molecule has 2 N–H and O–H groups in total. The maximum Gasteiger partial charge on any atom is 0.191 e. The number of aliphatic imine (C=N–C) groups is 1. The standard InChI is InChI=1S/C21H29FN4OS/c1-3-23-21(24-15-16(2)27-19-8-5-4-7-18(19)22)25-17-10-12-26(13-11-17)20-9-6-14-28-20/h4-9,14,16-17H,3,10-13,15H2,1-2H3,(H2,23,24,25). The average molecular weight is 405 g/mol. The van der Waals surface area contributed by atoms with Crippen molar-refractivity contribution in [1.82, 2.24) is 10.6 Å². The molecule has 28 heavy (non-hydrogen) atoms. The number of piperidine rings is 1. The Morgan fingerprint density at radius 2 is 2.07 bits per heavy atom. The van der Waals surface area contributed by atoms with Crippen molar-refractivity contribution in [3.63, 3.8) is 0 Å². The van der Waals surface area contributed by atoms with E-state index < -0.39 is 0 Å². The molecule has 1 aromatic carbocycles. The Labute approximate surface area is 170 Å². The summed E-state index contributed by atoms with van der Waals surface area (Å²) < 4.78 is 19.4. The summed E-state index contributed by atoms with van der Waals surface area (Å²) in [6.07, 6.45) is 1.93. The molecule has 0 aliphatic carbocycles. The van der Waals surface area contributed by atoms with E-state index in [1.165, 1.54) is 11.1 Å². The van der Waals surface area contributed by atoms with Gasteiger partial charge in [0.2, 0.25) is 0 Å². The third-order valence-electron chi connectivity index (χ3n) is 4.67. The van der Waals surface area contributed by atoms with E-state index in [2.05, 4.69) is 45.0 Å². The summed E-state index contributed by atoms with van der Waals surface area (Å²) in [4.78, 5) is 7.08. The van der Waals surface area contributed by atoms with Crippen molar-refractivity contribution in [2.75, 3.05) is 31.1 Å². The van der Waals surface area contributed by atoms with Crippen LogP contribution in [0.15, 0.2) is 46.8 Å². The van der Waals surface area contributed by atoms with Crippen molar-refractivity contribution in [1.29, 1.82) is 0 Å².